The topological polar surface area (TPSA) is 37.8 Å². The predicted octanol–water partition coefficient (Wildman–Crippen LogP) is 4.41. The molecule has 0 aliphatic heterocycles. The van der Waals surface area contributed by atoms with Crippen molar-refractivity contribution < 1.29 is 0 Å². The van der Waals surface area contributed by atoms with Gasteiger partial charge < -0.3 is 5.32 Å². The second-order valence-electron chi connectivity index (χ2n) is 5.08. The van der Waals surface area contributed by atoms with Crippen LogP contribution in [0.3, 0.4) is 0 Å². The molecule has 0 bridgehead atoms. The van der Waals surface area contributed by atoms with Gasteiger partial charge in [0.25, 0.3) is 0 Å². The fourth-order valence-electron chi connectivity index (χ4n) is 2.21. The van der Waals surface area contributed by atoms with E-state index in [4.69, 9.17) is 0 Å². The number of rotatable bonds is 7. The molecule has 1 aromatic carbocycles. The molecule has 0 spiro atoms. The van der Waals surface area contributed by atoms with Crippen LogP contribution in [0.1, 0.15) is 45.4 Å². The molecule has 0 unspecified atom stereocenters. The quantitative estimate of drug-likeness (QED) is 0.603. The third-order valence-corrected chi connectivity index (χ3v) is 3.37. The van der Waals surface area contributed by atoms with Crippen molar-refractivity contribution in [3.05, 3.63) is 30.6 Å². The van der Waals surface area contributed by atoms with Gasteiger partial charge in [-0.3, -0.25) is 0 Å². The highest BCUT2D eigenvalue weighted by Gasteiger charge is 2.00. The normalized spacial score (nSPS) is 10.1. The summed E-state index contributed by atoms with van der Waals surface area (Å²) < 4.78 is 0. The number of hydrogen-bond acceptors (Lipinski definition) is 3. The molecule has 1 heterocycles. The van der Waals surface area contributed by atoms with E-state index >= 15 is 0 Å². The van der Waals surface area contributed by atoms with Crippen LogP contribution in [0.2, 0.25) is 0 Å². The Bertz CT molecular complexity index is 605. The van der Waals surface area contributed by atoms with Crippen molar-refractivity contribution in [1.82, 2.24) is 9.97 Å². The molecule has 3 heteroatoms. The number of fused-ring (bicyclic) bond motifs is 1. The van der Waals surface area contributed by atoms with Gasteiger partial charge in [0, 0.05) is 24.8 Å². The molecule has 0 saturated carbocycles. The number of unbranched alkanes of at least 4 members (excludes halogenated alkanes) is 4. The molecule has 0 atom stereocenters. The Kier molecular flexibility index (Phi) is 6.54. The first-order valence-electron chi connectivity index (χ1n) is 7.81. The Hall–Kier alpha value is -2.08. The molecule has 1 aromatic heterocycles. The lowest BCUT2D eigenvalue weighted by Crippen LogP contribution is -2.03. The fraction of sp³-hybridized carbons (Fsp3) is 0.444. The van der Waals surface area contributed by atoms with Crippen molar-refractivity contribution in [2.45, 2.75) is 45.4 Å². The Labute approximate surface area is 127 Å². The molecular weight excluding hydrogens is 258 g/mol. The molecule has 0 fully saturated rings. The molecular formula is C18H23N3. The van der Waals surface area contributed by atoms with Crippen molar-refractivity contribution in [2.75, 3.05) is 11.9 Å². The molecule has 0 radical (unpaired) electrons. The van der Waals surface area contributed by atoms with Crippen molar-refractivity contribution in [1.29, 1.82) is 0 Å². The zero-order valence-electron chi connectivity index (χ0n) is 12.7. The second kappa shape index (κ2) is 8.97. The number of anilines is 1. The Morgan fingerprint density at radius 1 is 1.00 bits per heavy atom. The summed E-state index contributed by atoms with van der Waals surface area (Å²) in [7, 11) is 0. The van der Waals surface area contributed by atoms with E-state index in [2.05, 4.69) is 34.0 Å². The van der Waals surface area contributed by atoms with Gasteiger partial charge in [0.1, 0.15) is 12.1 Å². The van der Waals surface area contributed by atoms with Crippen molar-refractivity contribution in [3.63, 3.8) is 0 Å². The van der Waals surface area contributed by atoms with E-state index in [0.717, 1.165) is 36.1 Å². The van der Waals surface area contributed by atoms with Crippen LogP contribution >= 0.6 is 0 Å². The molecule has 1 N–H and O–H groups in total. The minimum Gasteiger partial charge on any atom is -0.369 e. The third-order valence-electron chi connectivity index (χ3n) is 3.37. The number of nitrogens with zero attached hydrogens (tertiary/aromatic N) is 2. The van der Waals surface area contributed by atoms with E-state index in [0.29, 0.717) is 0 Å². The molecule has 0 aliphatic rings. The van der Waals surface area contributed by atoms with Gasteiger partial charge in [-0.15, -0.1) is 11.8 Å². The van der Waals surface area contributed by atoms with E-state index in [1.165, 1.54) is 25.7 Å². The zero-order valence-corrected chi connectivity index (χ0v) is 12.7. The Balaban J connectivity index is 1.74. The first kappa shape index (κ1) is 15.3. The summed E-state index contributed by atoms with van der Waals surface area (Å²) in [6, 6.07) is 8.03. The summed E-state index contributed by atoms with van der Waals surface area (Å²) in [6.07, 6.45) is 8.61. The fourth-order valence-corrected chi connectivity index (χ4v) is 2.21. The number of nitrogens with one attached hydrogen (secondary N) is 1. The average molecular weight is 281 g/mol. The van der Waals surface area contributed by atoms with Gasteiger partial charge in [0.05, 0.1) is 5.52 Å². The van der Waals surface area contributed by atoms with Crippen LogP contribution in [0.5, 0.6) is 0 Å². The van der Waals surface area contributed by atoms with Crippen LogP contribution in [0.25, 0.3) is 10.9 Å². The van der Waals surface area contributed by atoms with Gasteiger partial charge in [-0.05, 0) is 18.6 Å². The van der Waals surface area contributed by atoms with E-state index in [1.807, 2.05) is 24.3 Å². The van der Waals surface area contributed by atoms with Crippen molar-refractivity contribution in [3.8, 4) is 11.8 Å². The Morgan fingerprint density at radius 2 is 1.86 bits per heavy atom. The van der Waals surface area contributed by atoms with Crippen molar-refractivity contribution in [2.24, 2.45) is 0 Å². The maximum absolute atomic E-state index is 4.30. The molecule has 21 heavy (non-hydrogen) atoms. The number of hydrogen-bond donors (Lipinski definition) is 1. The minimum atomic E-state index is 0.822. The molecule has 2 aromatic rings. The molecule has 110 valence electrons. The summed E-state index contributed by atoms with van der Waals surface area (Å²) in [5.41, 5.74) is 0.969. The lowest BCUT2D eigenvalue weighted by Gasteiger charge is -2.05. The molecule has 2 rings (SSSR count). The van der Waals surface area contributed by atoms with Gasteiger partial charge >= 0.3 is 0 Å². The maximum atomic E-state index is 4.30. The van der Waals surface area contributed by atoms with Crippen molar-refractivity contribution >= 4 is 16.7 Å². The van der Waals surface area contributed by atoms with Crippen LogP contribution in [-0.4, -0.2) is 16.5 Å². The van der Waals surface area contributed by atoms with E-state index in [-0.39, 0.29) is 0 Å². The zero-order chi connectivity index (χ0) is 14.8. The van der Waals surface area contributed by atoms with Crippen LogP contribution in [0, 0.1) is 11.8 Å². The monoisotopic (exact) mass is 281 g/mol. The predicted molar refractivity (Wildman–Crippen MR) is 89.2 cm³/mol. The molecule has 0 aliphatic carbocycles. The summed E-state index contributed by atoms with van der Waals surface area (Å²) >= 11 is 0. The van der Waals surface area contributed by atoms with Gasteiger partial charge in [0.2, 0.25) is 0 Å². The van der Waals surface area contributed by atoms with Gasteiger partial charge in [-0.2, -0.15) is 0 Å². The highest BCUT2D eigenvalue weighted by atomic mass is 15.0. The van der Waals surface area contributed by atoms with E-state index in [1.54, 1.807) is 6.33 Å². The first-order chi connectivity index (χ1) is 10.4. The standard InChI is InChI=1S/C18H23N3/c1-2-3-4-5-6-7-8-11-14-19-18-16-12-9-10-13-17(16)20-15-21-18/h9-10,12-13,15H,2-6,11,14H2,1H3,(H,19,20,21). The van der Waals surface area contributed by atoms with Gasteiger partial charge in [-0.1, -0.05) is 38.3 Å². The Morgan fingerprint density at radius 3 is 2.76 bits per heavy atom. The average Bonchev–Trinajstić information content (AvgIpc) is 2.53. The largest absolute Gasteiger partial charge is 0.369 e. The van der Waals surface area contributed by atoms with Crippen LogP contribution in [0.15, 0.2) is 30.6 Å². The molecule has 3 nitrogen and oxygen atoms in total. The van der Waals surface area contributed by atoms with Crippen LogP contribution in [0.4, 0.5) is 5.82 Å². The number of benzene rings is 1. The van der Waals surface area contributed by atoms with Gasteiger partial charge in [0.15, 0.2) is 0 Å². The van der Waals surface area contributed by atoms with Crippen LogP contribution < -0.4 is 5.32 Å². The van der Waals surface area contributed by atoms with E-state index in [9.17, 15) is 0 Å². The second-order valence-corrected chi connectivity index (χ2v) is 5.08. The summed E-state index contributed by atoms with van der Waals surface area (Å²) in [5.74, 6) is 7.36. The molecule has 0 amide bonds. The summed E-state index contributed by atoms with van der Waals surface area (Å²) in [6.45, 7) is 3.05. The SMILES string of the molecule is CCCCCCC#CCCNc1ncnc2ccccc12. The highest BCUT2D eigenvalue weighted by Crippen LogP contribution is 2.17. The van der Waals surface area contributed by atoms with E-state index < -0.39 is 0 Å². The maximum Gasteiger partial charge on any atom is 0.137 e. The highest BCUT2D eigenvalue weighted by molar-refractivity contribution is 5.88. The van der Waals surface area contributed by atoms with Gasteiger partial charge in [-0.25, -0.2) is 9.97 Å². The lowest BCUT2D eigenvalue weighted by molar-refractivity contribution is 0.679. The summed E-state index contributed by atoms with van der Waals surface area (Å²) in [4.78, 5) is 8.56. The molecule has 0 saturated heterocycles. The number of aromatic nitrogens is 2. The smallest absolute Gasteiger partial charge is 0.137 e. The lowest BCUT2D eigenvalue weighted by atomic mass is 10.1. The van der Waals surface area contributed by atoms with Crippen LogP contribution in [-0.2, 0) is 0 Å². The minimum absolute atomic E-state index is 0.822. The first-order valence-corrected chi connectivity index (χ1v) is 7.81. The summed E-state index contributed by atoms with van der Waals surface area (Å²) in [5, 5.41) is 4.41. The number of para-hydroxylation sites is 1. The third kappa shape index (κ3) is 5.07.